The molecule has 2 rings (SSSR count). The largest absolute Gasteiger partial charge is 0.452 e. The number of nitrogens with zero attached hydrogens (tertiary/aromatic N) is 1. The Bertz CT molecular complexity index is 1150. The zero-order chi connectivity index (χ0) is 24.6. The predicted octanol–water partition coefficient (Wildman–Crippen LogP) is 2.00. The maximum atomic E-state index is 12.3. The fourth-order valence-corrected chi connectivity index (χ4v) is 3.26. The summed E-state index contributed by atoms with van der Waals surface area (Å²) in [7, 11) is -4.36. The molecule has 0 aromatic heterocycles. The number of benzene rings is 2. The van der Waals surface area contributed by atoms with Gasteiger partial charge in [-0.15, -0.1) is 0 Å². The van der Waals surface area contributed by atoms with Crippen molar-refractivity contribution in [1.82, 2.24) is 10.6 Å². The average molecular weight is 479 g/mol. The van der Waals surface area contributed by atoms with Gasteiger partial charge in [0, 0.05) is 18.7 Å². The van der Waals surface area contributed by atoms with Gasteiger partial charge in [0.15, 0.2) is 6.61 Å². The predicted molar refractivity (Wildman–Crippen MR) is 114 cm³/mol. The Morgan fingerprint density at radius 2 is 1.76 bits per heavy atom. The zero-order valence-corrected chi connectivity index (χ0v) is 18.5. The van der Waals surface area contributed by atoms with Gasteiger partial charge in [-0.2, -0.15) is 8.42 Å². The van der Waals surface area contributed by atoms with Crippen LogP contribution in [0.3, 0.4) is 0 Å². The number of nitrogens with one attached hydrogen (secondary N) is 2. The summed E-state index contributed by atoms with van der Waals surface area (Å²) in [6.07, 6.45) is 0. The van der Waals surface area contributed by atoms with Gasteiger partial charge >= 0.3 is 22.1 Å². The quantitative estimate of drug-likeness (QED) is 0.236. The van der Waals surface area contributed by atoms with E-state index in [0.29, 0.717) is 6.54 Å². The fourth-order valence-electron chi connectivity index (χ4n) is 2.29. The van der Waals surface area contributed by atoms with Crippen LogP contribution in [0, 0.1) is 16.0 Å². The molecule has 0 fully saturated rings. The molecule has 2 aromatic rings. The number of carbonyl (C=O) groups is 3. The molecule has 0 aliphatic rings. The van der Waals surface area contributed by atoms with Gasteiger partial charge in [-0.1, -0.05) is 19.9 Å². The van der Waals surface area contributed by atoms with Gasteiger partial charge in [0.2, 0.25) is 0 Å². The number of hydrogen-bond donors (Lipinski definition) is 2. The Hall–Kier alpha value is -4.00. The average Bonchev–Trinajstić information content (AvgIpc) is 2.76. The first-order valence-electron chi connectivity index (χ1n) is 9.51. The molecular weight excluding hydrogens is 458 g/mol. The number of hydrogen-bond acceptors (Lipinski definition) is 9. The number of nitro benzene ring substituents is 1. The van der Waals surface area contributed by atoms with Gasteiger partial charge < -0.3 is 14.2 Å². The molecule has 12 nitrogen and oxygen atoms in total. The second-order valence-corrected chi connectivity index (χ2v) is 8.59. The summed E-state index contributed by atoms with van der Waals surface area (Å²) in [4.78, 5) is 44.9. The highest BCUT2D eigenvalue weighted by Crippen LogP contribution is 2.22. The lowest BCUT2D eigenvalue weighted by atomic mass is 10.2. The molecule has 0 aliphatic carbocycles. The summed E-state index contributed by atoms with van der Waals surface area (Å²) < 4.78 is 34.4. The standard InChI is InChI=1S/C20H21N3O9S/c1-13(2)11-21-20(26)22-18(24)12-31-19(25)14-6-8-16(9-7-14)32-33(29,30)17-5-3-4-15(10-17)23(27)28/h3-10,13H,11-12H2,1-2H3,(H2,21,22,24,26). The van der Waals surface area contributed by atoms with Gasteiger partial charge in [-0.25, -0.2) is 9.59 Å². The molecule has 2 N–H and O–H groups in total. The molecule has 0 spiro atoms. The van der Waals surface area contributed by atoms with Crippen LogP contribution >= 0.6 is 0 Å². The van der Waals surface area contributed by atoms with E-state index in [-0.39, 0.29) is 17.2 Å². The Balaban J connectivity index is 1.93. The molecular formula is C20H21N3O9S. The highest BCUT2D eigenvalue weighted by molar-refractivity contribution is 7.87. The summed E-state index contributed by atoms with van der Waals surface area (Å²) in [5, 5.41) is 15.3. The molecule has 176 valence electrons. The van der Waals surface area contributed by atoms with Crippen LogP contribution in [0.2, 0.25) is 0 Å². The summed E-state index contributed by atoms with van der Waals surface area (Å²) in [5.41, 5.74) is -0.425. The summed E-state index contributed by atoms with van der Waals surface area (Å²) >= 11 is 0. The Kier molecular flexibility index (Phi) is 8.45. The third-order valence-corrected chi connectivity index (χ3v) is 5.11. The maximum absolute atomic E-state index is 12.3. The molecule has 3 amide bonds. The second kappa shape index (κ2) is 11.0. The number of nitro groups is 1. The first kappa shape index (κ1) is 25.3. The molecule has 0 saturated heterocycles. The summed E-state index contributed by atoms with van der Waals surface area (Å²) in [6.45, 7) is 3.42. The van der Waals surface area contributed by atoms with Crippen molar-refractivity contribution in [3.05, 3.63) is 64.2 Å². The van der Waals surface area contributed by atoms with Crippen LogP contribution < -0.4 is 14.8 Å². The Labute approximate surface area is 189 Å². The van der Waals surface area contributed by atoms with Crippen molar-refractivity contribution in [2.75, 3.05) is 13.2 Å². The lowest BCUT2D eigenvalue weighted by Crippen LogP contribution is -2.42. The van der Waals surface area contributed by atoms with E-state index in [9.17, 15) is 32.9 Å². The highest BCUT2D eigenvalue weighted by atomic mass is 32.2. The summed E-state index contributed by atoms with van der Waals surface area (Å²) in [5.74, 6) is -1.68. The molecule has 33 heavy (non-hydrogen) atoms. The number of carbonyl (C=O) groups excluding carboxylic acids is 3. The van der Waals surface area contributed by atoms with E-state index in [0.717, 1.165) is 18.2 Å². The zero-order valence-electron chi connectivity index (χ0n) is 17.6. The normalized spacial score (nSPS) is 10.9. The molecule has 0 heterocycles. The smallest absolute Gasteiger partial charge is 0.339 e. The van der Waals surface area contributed by atoms with Crippen molar-refractivity contribution in [2.45, 2.75) is 18.7 Å². The number of urea groups is 1. The number of non-ortho nitro benzene ring substituents is 1. The highest BCUT2D eigenvalue weighted by Gasteiger charge is 2.20. The summed E-state index contributed by atoms with van der Waals surface area (Å²) in [6, 6.07) is 8.38. The van der Waals surface area contributed by atoms with Crippen LogP contribution in [-0.2, 0) is 19.6 Å². The molecule has 0 unspecified atom stereocenters. The minimum Gasteiger partial charge on any atom is -0.452 e. The van der Waals surface area contributed by atoms with Crippen LogP contribution in [-0.4, -0.2) is 44.4 Å². The van der Waals surface area contributed by atoms with Gasteiger partial charge in [0.1, 0.15) is 10.6 Å². The van der Waals surface area contributed by atoms with Crippen LogP contribution in [0.5, 0.6) is 5.75 Å². The van der Waals surface area contributed by atoms with E-state index in [1.165, 1.54) is 30.3 Å². The molecule has 0 radical (unpaired) electrons. The number of ether oxygens (including phenoxy) is 1. The number of amides is 3. The second-order valence-electron chi connectivity index (χ2n) is 7.04. The van der Waals surface area contributed by atoms with Crippen molar-refractivity contribution in [2.24, 2.45) is 5.92 Å². The minimum atomic E-state index is -4.36. The van der Waals surface area contributed by atoms with Gasteiger partial charge in [0.25, 0.3) is 11.6 Å². The van der Waals surface area contributed by atoms with E-state index in [2.05, 4.69) is 5.32 Å². The van der Waals surface area contributed by atoms with E-state index in [4.69, 9.17) is 8.92 Å². The first-order chi connectivity index (χ1) is 15.5. The van der Waals surface area contributed by atoms with E-state index in [1.54, 1.807) is 0 Å². The van der Waals surface area contributed by atoms with E-state index < -0.39 is 50.1 Å². The minimum absolute atomic E-state index is 0.00726. The molecule has 0 saturated carbocycles. The molecule has 0 aliphatic heterocycles. The van der Waals surface area contributed by atoms with Gasteiger partial charge in [-0.3, -0.25) is 20.2 Å². The third-order valence-electron chi connectivity index (χ3n) is 3.87. The van der Waals surface area contributed by atoms with Crippen molar-refractivity contribution >= 4 is 33.7 Å². The fraction of sp³-hybridized carbons (Fsp3) is 0.250. The van der Waals surface area contributed by atoms with E-state index >= 15 is 0 Å². The first-order valence-corrected chi connectivity index (χ1v) is 10.9. The Morgan fingerprint density at radius 3 is 2.36 bits per heavy atom. The Morgan fingerprint density at radius 1 is 1.09 bits per heavy atom. The van der Waals surface area contributed by atoms with Crippen molar-refractivity contribution in [3.63, 3.8) is 0 Å². The van der Waals surface area contributed by atoms with E-state index in [1.807, 2.05) is 19.2 Å². The van der Waals surface area contributed by atoms with Gasteiger partial charge in [-0.05, 0) is 36.2 Å². The molecule has 2 aromatic carbocycles. The SMILES string of the molecule is CC(C)CNC(=O)NC(=O)COC(=O)c1ccc(OS(=O)(=O)c2cccc([N+](=O)[O-])c2)cc1. The molecule has 13 heteroatoms. The van der Waals surface area contributed by atoms with Crippen LogP contribution in [0.25, 0.3) is 0 Å². The number of imide groups is 1. The van der Waals surface area contributed by atoms with Gasteiger partial charge in [0.05, 0.1) is 10.5 Å². The number of rotatable bonds is 9. The lowest BCUT2D eigenvalue weighted by molar-refractivity contribution is -0.385. The van der Waals surface area contributed by atoms with Crippen LogP contribution in [0.4, 0.5) is 10.5 Å². The van der Waals surface area contributed by atoms with Crippen molar-refractivity contribution < 1.29 is 36.6 Å². The maximum Gasteiger partial charge on any atom is 0.339 e. The lowest BCUT2D eigenvalue weighted by Gasteiger charge is -2.09. The molecule has 0 bridgehead atoms. The monoisotopic (exact) mass is 479 g/mol. The molecule has 0 atom stereocenters. The van der Waals surface area contributed by atoms with Crippen molar-refractivity contribution in [3.8, 4) is 5.75 Å². The number of esters is 1. The topological polar surface area (TPSA) is 171 Å². The van der Waals surface area contributed by atoms with Crippen LogP contribution in [0.15, 0.2) is 53.4 Å². The van der Waals surface area contributed by atoms with Crippen LogP contribution in [0.1, 0.15) is 24.2 Å². The third kappa shape index (κ3) is 7.88. The van der Waals surface area contributed by atoms with Crippen molar-refractivity contribution in [1.29, 1.82) is 0 Å².